The van der Waals surface area contributed by atoms with Crippen LogP contribution >= 0.6 is 0 Å². The average molecular weight is 479 g/mol. The summed E-state index contributed by atoms with van der Waals surface area (Å²) >= 11 is 0. The molecule has 7 N–H and O–H groups in total. The van der Waals surface area contributed by atoms with Crippen LogP contribution in [0.15, 0.2) is 30.3 Å². The van der Waals surface area contributed by atoms with Gasteiger partial charge in [0.15, 0.2) is 0 Å². The van der Waals surface area contributed by atoms with Gasteiger partial charge >= 0.3 is 5.97 Å². The Labute approximate surface area is 200 Å². The maximum absolute atomic E-state index is 13.1. The summed E-state index contributed by atoms with van der Waals surface area (Å²) in [4.78, 5) is 50.1. The summed E-state index contributed by atoms with van der Waals surface area (Å²) in [5, 5.41) is 27.2. The highest BCUT2D eigenvalue weighted by atomic mass is 16.4. The van der Waals surface area contributed by atoms with Gasteiger partial charge in [-0.1, -0.05) is 64.4 Å². The molecular formula is C24H38N4O6. The fourth-order valence-electron chi connectivity index (χ4n) is 3.21. The summed E-state index contributed by atoms with van der Waals surface area (Å²) in [6.45, 7) is 8.35. The van der Waals surface area contributed by atoms with Crippen LogP contribution in [-0.2, 0) is 25.6 Å². The van der Waals surface area contributed by atoms with E-state index in [4.69, 9.17) is 5.73 Å². The van der Waals surface area contributed by atoms with Crippen molar-refractivity contribution in [1.82, 2.24) is 16.0 Å². The van der Waals surface area contributed by atoms with Crippen molar-refractivity contribution in [2.24, 2.45) is 17.6 Å². The second-order valence-corrected chi connectivity index (χ2v) is 8.96. The Bertz CT molecular complexity index is 830. The fourth-order valence-corrected chi connectivity index (χ4v) is 3.21. The lowest BCUT2D eigenvalue weighted by Gasteiger charge is -2.28. The zero-order valence-corrected chi connectivity index (χ0v) is 20.4. The standard InChI is InChI=1S/C24H38N4O6/c1-6-14(4)19(24(33)34)27-21(30)17(12-16-10-8-7-9-11-16)26-23(32)20(15(5)29)28-22(31)18(25)13(2)3/h7-11,13-15,17-20,29H,6,12,25H2,1-5H3,(H,26,32)(H,27,30)(H,28,31)(H,33,34). The first-order valence-corrected chi connectivity index (χ1v) is 11.5. The molecule has 10 heteroatoms. The Kier molecular flexibility index (Phi) is 11.7. The van der Waals surface area contributed by atoms with Crippen molar-refractivity contribution < 1.29 is 29.4 Å². The van der Waals surface area contributed by atoms with Crippen LogP contribution in [-0.4, -0.2) is 64.2 Å². The highest BCUT2D eigenvalue weighted by Crippen LogP contribution is 2.10. The van der Waals surface area contributed by atoms with Gasteiger partial charge in [-0.25, -0.2) is 4.79 Å². The van der Waals surface area contributed by atoms with E-state index in [1.54, 1.807) is 51.1 Å². The second kappa shape index (κ2) is 13.7. The van der Waals surface area contributed by atoms with E-state index in [0.29, 0.717) is 6.42 Å². The molecule has 0 spiro atoms. The monoisotopic (exact) mass is 478 g/mol. The molecule has 0 heterocycles. The van der Waals surface area contributed by atoms with E-state index in [1.165, 1.54) is 6.92 Å². The maximum atomic E-state index is 13.1. The first kappa shape index (κ1) is 29.1. The smallest absolute Gasteiger partial charge is 0.326 e. The number of nitrogens with two attached hydrogens (primary N) is 1. The summed E-state index contributed by atoms with van der Waals surface area (Å²) in [5.74, 6) is -3.78. The van der Waals surface area contributed by atoms with Crippen LogP contribution in [0.25, 0.3) is 0 Å². The van der Waals surface area contributed by atoms with Gasteiger partial charge in [-0.3, -0.25) is 14.4 Å². The number of carboxylic acids is 1. The van der Waals surface area contributed by atoms with E-state index in [-0.39, 0.29) is 18.3 Å². The third-order valence-electron chi connectivity index (χ3n) is 5.78. The number of aliphatic carboxylic acids is 1. The average Bonchev–Trinajstić information content (AvgIpc) is 2.79. The highest BCUT2D eigenvalue weighted by Gasteiger charge is 2.33. The van der Waals surface area contributed by atoms with E-state index in [0.717, 1.165) is 5.56 Å². The van der Waals surface area contributed by atoms with Crippen molar-refractivity contribution >= 4 is 23.7 Å². The number of hydrogen-bond acceptors (Lipinski definition) is 6. The molecule has 3 amide bonds. The van der Waals surface area contributed by atoms with Crippen molar-refractivity contribution in [3.63, 3.8) is 0 Å². The molecule has 0 fully saturated rings. The van der Waals surface area contributed by atoms with Crippen molar-refractivity contribution in [3.05, 3.63) is 35.9 Å². The lowest BCUT2D eigenvalue weighted by atomic mass is 9.98. The van der Waals surface area contributed by atoms with Gasteiger partial charge in [-0.15, -0.1) is 0 Å². The molecule has 1 aromatic carbocycles. The molecule has 0 radical (unpaired) electrons. The van der Waals surface area contributed by atoms with E-state index < -0.39 is 54.0 Å². The summed E-state index contributed by atoms with van der Waals surface area (Å²) in [6.07, 6.45) is -0.660. The third kappa shape index (κ3) is 8.75. The Balaban J connectivity index is 3.13. The van der Waals surface area contributed by atoms with Crippen molar-refractivity contribution in [3.8, 4) is 0 Å². The van der Waals surface area contributed by atoms with Crippen LogP contribution in [0, 0.1) is 11.8 Å². The zero-order valence-electron chi connectivity index (χ0n) is 20.4. The molecule has 0 aliphatic heterocycles. The van der Waals surface area contributed by atoms with Crippen LogP contribution in [0.4, 0.5) is 0 Å². The molecule has 0 saturated carbocycles. The Morgan fingerprint density at radius 2 is 1.44 bits per heavy atom. The van der Waals surface area contributed by atoms with Crippen molar-refractivity contribution in [2.45, 2.75) is 77.7 Å². The number of nitrogens with one attached hydrogen (secondary N) is 3. The van der Waals surface area contributed by atoms with Gasteiger partial charge in [0.1, 0.15) is 18.1 Å². The van der Waals surface area contributed by atoms with Crippen molar-refractivity contribution in [2.75, 3.05) is 0 Å². The number of amides is 3. The molecule has 0 aromatic heterocycles. The molecule has 0 aliphatic rings. The summed E-state index contributed by atoms with van der Waals surface area (Å²) in [7, 11) is 0. The quantitative estimate of drug-likeness (QED) is 0.235. The zero-order chi connectivity index (χ0) is 26.0. The molecule has 0 aliphatic carbocycles. The van der Waals surface area contributed by atoms with Gasteiger partial charge < -0.3 is 31.9 Å². The molecule has 10 nitrogen and oxygen atoms in total. The van der Waals surface area contributed by atoms with Gasteiger partial charge in [-0.2, -0.15) is 0 Å². The Hall–Kier alpha value is -2.98. The number of carbonyl (C=O) groups is 4. The number of hydrogen-bond donors (Lipinski definition) is 6. The van der Waals surface area contributed by atoms with Gasteiger partial charge in [-0.05, 0) is 24.3 Å². The molecule has 1 aromatic rings. The lowest BCUT2D eigenvalue weighted by Crippen LogP contribution is -2.60. The van der Waals surface area contributed by atoms with Crippen LogP contribution in [0.1, 0.15) is 46.6 Å². The number of carboxylic acid groups (broad SMARTS) is 1. The predicted molar refractivity (Wildman–Crippen MR) is 128 cm³/mol. The van der Waals surface area contributed by atoms with Gasteiger partial charge in [0.25, 0.3) is 0 Å². The summed E-state index contributed by atoms with van der Waals surface area (Å²) in [5.41, 5.74) is 6.57. The number of benzene rings is 1. The third-order valence-corrected chi connectivity index (χ3v) is 5.78. The molecule has 0 saturated heterocycles. The minimum absolute atomic E-state index is 0.0806. The topological polar surface area (TPSA) is 171 Å². The maximum Gasteiger partial charge on any atom is 0.326 e. The number of aliphatic hydroxyl groups is 1. The van der Waals surface area contributed by atoms with E-state index >= 15 is 0 Å². The Morgan fingerprint density at radius 3 is 1.91 bits per heavy atom. The highest BCUT2D eigenvalue weighted by molar-refractivity contribution is 5.94. The van der Waals surface area contributed by atoms with Gasteiger partial charge in [0.05, 0.1) is 12.1 Å². The fraction of sp³-hybridized carbons (Fsp3) is 0.583. The van der Waals surface area contributed by atoms with Gasteiger partial charge in [0, 0.05) is 6.42 Å². The number of aliphatic hydroxyl groups excluding tert-OH is 1. The van der Waals surface area contributed by atoms with Crippen LogP contribution < -0.4 is 21.7 Å². The second-order valence-electron chi connectivity index (χ2n) is 8.96. The van der Waals surface area contributed by atoms with E-state index in [2.05, 4.69) is 16.0 Å². The molecule has 0 bridgehead atoms. The van der Waals surface area contributed by atoms with Crippen LogP contribution in [0.3, 0.4) is 0 Å². The molecule has 1 rings (SSSR count). The minimum Gasteiger partial charge on any atom is -0.480 e. The first-order chi connectivity index (χ1) is 15.9. The summed E-state index contributed by atoms with van der Waals surface area (Å²) < 4.78 is 0. The predicted octanol–water partition coefficient (Wildman–Crippen LogP) is 0.178. The molecule has 34 heavy (non-hydrogen) atoms. The Morgan fingerprint density at radius 1 is 0.882 bits per heavy atom. The molecule has 6 atom stereocenters. The first-order valence-electron chi connectivity index (χ1n) is 11.5. The molecule has 6 unspecified atom stereocenters. The van der Waals surface area contributed by atoms with Gasteiger partial charge in [0.2, 0.25) is 17.7 Å². The number of rotatable bonds is 13. The largest absolute Gasteiger partial charge is 0.480 e. The van der Waals surface area contributed by atoms with Crippen LogP contribution in [0.2, 0.25) is 0 Å². The molecular weight excluding hydrogens is 440 g/mol. The minimum atomic E-state index is -1.35. The SMILES string of the molecule is CCC(C)C(NC(=O)C(Cc1ccccc1)NC(=O)C(NC(=O)C(N)C(C)C)C(C)O)C(=O)O. The normalized spacial score (nSPS) is 16.5. The van der Waals surface area contributed by atoms with E-state index in [1.807, 2.05) is 6.92 Å². The van der Waals surface area contributed by atoms with Crippen LogP contribution in [0.5, 0.6) is 0 Å². The number of carbonyl (C=O) groups excluding carboxylic acids is 3. The molecule has 190 valence electrons. The van der Waals surface area contributed by atoms with Crippen molar-refractivity contribution in [1.29, 1.82) is 0 Å². The lowest BCUT2D eigenvalue weighted by molar-refractivity contribution is -0.144. The van der Waals surface area contributed by atoms with E-state index in [9.17, 15) is 29.4 Å². The summed E-state index contributed by atoms with van der Waals surface area (Å²) in [6, 6.07) is 4.38.